The Balaban J connectivity index is 0.976. The summed E-state index contributed by atoms with van der Waals surface area (Å²) in [5.41, 5.74) is 12.0. The van der Waals surface area contributed by atoms with Crippen molar-refractivity contribution in [1.82, 2.24) is 4.98 Å². The first-order valence-electron chi connectivity index (χ1n) is 17.1. The van der Waals surface area contributed by atoms with E-state index in [1.807, 2.05) is 42.5 Å². The number of hydrogen-bond donors (Lipinski definition) is 0. The van der Waals surface area contributed by atoms with Crippen LogP contribution in [0.15, 0.2) is 191 Å². The van der Waals surface area contributed by atoms with Gasteiger partial charge in [0.2, 0.25) is 5.89 Å². The SMILES string of the molecule is c1ccc(-c2nc3cc4oc5cc(-c6ccc(N(c7ccccc7)c7ccc(-c8cccc9ccccc89)cc7)cc6)ccc5c4cc3o2)cc1. The summed E-state index contributed by atoms with van der Waals surface area (Å²) in [4.78, 5) is 7.03. The van der Waals surface area contributed by atoms with Gasteiger partial charge in [0.25, 0.3) is 0 Å². The average Bonchev–Trinajstić information content (AvgIpc) is 3.78. The third-order valence-electron chi connectivity index (χ3n) is 9.70. The zero-order valence-electron chi connectivity index (χ0n) is 27.5. The second-order valence-electron chi connectivity index (χ2n) is 12.8. The van der Waals surface area contributed by atoms with Gasteiger partial charge >= 0.3 is 0 Å². The van der Waals surface area contributed by atoms with Crippen molar-refractivity contribution in [2.24, 2.45) is 0 Å². The number of nitrogens with zero attached hydrogens (tertiary/aromatic N) is 2. The van der Waals surface area contributed by atoms with E-state index in [4.69, 9.17) is 13.8 Å². The van der Waals surface area contributed by atoms with Crippen molar-refractivity contribution in [2.75, 3.05) is 4.90 Å². The number of para-hydroxylation sites is 1. The van der Waals surface area contributed by atoms with Gasteiger partial charge in [0, 0.05) is 39.5 Å². The molecule has 0 atom stereocenters. The molecule has 8 aromatic carbocycles. The molecule has 0 amide bonds. The highest BCUT2D eigenvalue weighted by molar-refractivity contribution is 6.09. The van der Waals surface area contributed by atoms with Crippen molar-refractivity contribution in [3.05, 3.63) is 182 Å². The van der Waals surface area contributed by atoms with Crippen LogP contribution in [-0.2, 0) is 0 Å². The fourth-order valence-corrected chi connectivity index (χ4v) is 7.18. The van der Waals surface area contributed by atoms with E-state index in [2.05, 4.69) is 144 Å². The molecule has 0 aliphatic rings. The molecule has 0 spiro atoms. The van der Waals surface area contributed by atoms with Gasteiger partial charge in [0.15, 0.2) is 5.58 Å². The third kappa shape index (κ3) is 5.13. The number of oxazole rings is 1. The zero-order valence-corrected chi connectivity index (χ0v) is 27.5. The van der Waals surface area contributed by atoms with E-state index in [0.29, 0.717) is 5.89 Å². The number of anilines is 3. The molecule has 0 radical (unpaired) electrons. The Kier molecular flexibility index (Phi) is 6.78. The summed E-state index contributed by atoms with van der Waals surface area (Å²) < 4.78 is 12.5. The zero-order chi connectivity index (χ0) is 33.7. The average molecular weight is 655 g/mol. The van der Waals surface area contributed by atoms with Crippen LogP contribution in [0.3, 0.4) is 0 Å². The van der Waals surface area contributed by atoms with Gasteiger partial charge in [-0.25, -0.2) is 4.98 Å². The minimum atomic E-state index is 0.608. The number of benzene rings is 8. The quantitative estimate of drug-likeness (QED) is 0.179. The normalized spacial score (nSPS) is 11.5. The fraction of sp³-hybridized carbons (Fsp3) is 0. The Hall–Kier alpha value is -6.91. The maximum atomic E-state index is 6.39. The number of hydrogen-bond acceptors (Lipinski definition) is 4. The Morgan fingerprint density at radius 1 is 0.373 bits per heavy atom. The van der Waals surface area contributed by atoms with Gasteiger partial charge in [-0.05, 0) is 99.8 Å². The van der Waals surface area contributed by atoms with Crippen molar-refractivity contribution in [1.29, 1.82) is 0 Å². The van der Waals surface area contributed by atoms with E-state index in [1.54, 1.807) is 0 Å². The molecular weight excluding hydrogens is 625 g/mol. The van der Waals surface area contributed by atoms with Crippen molar-refractivity contribution in [2.45, 2.75) is 0 Å². The minimum absolute atomic E-state index is 0.608. The van der Waals surface area contributed by atoms with Crippen LogP contribution in [-0.4, -0.2) is 4.98 Å². The molecule has 2 heterocycles. The largest absolute Gasteiger partial charge is 0.456 e. The smallest absolute Gasteiger partial charge is 0.227 e. The lowest BCUT2D eigenvalue weighted by Crippen LogP contribution is -2.09. The molecule has 0 bridgehead atoms. The lowest BCUT2D eigenvalue weighted by molar-refractivity contribution is 0.620. The van der Waals surface area contributed by atoms with Crippen LogP contribution >= 0.6 is 0 Å². The first-order chi connectivity index (χ1) is 25.2. The highest BCUT2D eigenvalue weighted by atomic mass is 16.4. The summed E-state index contributed by atoms with van der Waals surface area (Å²) in [5, 5.41) is 4.57. The molecule has 0 saturated carbocycles. The molecule has 0 aliphatic heterocycles. The third-order valence-corrected chi connectivity index (χ3v) is 9.70. The summed E-state index contributed by atoms with van der Waals surface area (Å²) in [5.74, 6) is 0.608. The Morgan fingerprint density at radius 3 is 1.78 bits per heavy atom. The Morgan fingerprint density at radius 2 is 1.00 bits per heavy atom. The highest BCUT2D eigenvalue weighted by Crippen LogP contribution is 2.39. The van der Waals surface area contributed by atoms with E-state index in [1.165, 1.54) is 21.9 Å². The van der Waals surface area contributed by atoms with E-state index in [-0.39, 0.29) is 0 Å². The summed E-state index contributed by atoms with van der Waals surface area (Å²) in [6, 6.07) is 63.6. The van der Waals surface area contributed by atoms with Crippen LogP contribution in [0.2, 0.25) is 0 Å². The molecule has 10 aromatic rings. The topological polar surface area (TPSA) is 42.4 Å². The van der Waals surface area contributed by atoms with Gasteiger partial charge in [-0.1, -0.05) is 109 Å². The van der Waals surface area contributed by atoms with Crippen molar-refractivity contribution in [3.63, 3.8) is 0 Å². The van der Waals surface area contributed by atoms with Crippen molar-refractivity contribution >= 4 is 60.9 Å². The molecule has 10 rings (SSSR count). The van der Waals surface area contributed by atoms with Gasteiger partial charge in [-0.3, -0.25) is 0 Å². The van der Waals surface area contributed by atoms with Crippen LogP contribution in [0.5, 0.6) is 0 Å². The number of rotatable bonds is 6. The van der Waals surface area contributed by atoms with Crippen LogP contribution in [0.4, 0.5) is 17.1 Å². The van der Waals surface area contributed by atoms with Gasteiger partial charge in [0.1, 0.15) is 16.7 Å². The van der Waals surface area contributed by atoms with E-state index in [9.17, 15) is 0 Å². The summed E-state index contributed by atoms with van der Waals surface area (Å²) in [7, 11) is 0. The van der Waals surface area contributed by atoms with Crippen molar-refractivity contribution in [3.8, 4) is 33.7 Å². The number of furan rings is 1. The molecule has 0 N–H and O–H groups in total. The second kappa shape index (κ2) is 11.9. The predicted octanol–water partition coefficient (Wildman–Crippen LogP) is 13.4. The van der Waals surface area contributed by atoms with E-state index >= 15 is 0 Å². The van der Waals surface area contributed by atoms with E-state index < -0.39 is 0 Å². The first kappa shape index (κ1) is 29.0. The van der Waals surface area contributed by atoms with Crippen LogP contribution in [0, 0.1) is 0 Å². The van der Waals surface area contributed by atoms with Crippen LogP contribution in [0.1, 0.15) is 0 Å². The second-order valence-corrected chi connectivity index (χ2v) is 12.8. The minimum Gasteiger partial charge on any atom is -0.456 e. The molecule has 4 nitrogen and oxygen atoms in total. The molecule has 0 unspecified atom stereocenters. The lowest BCUT2D eigenvalue weighted by atomic mass is 9.98. The number of aromatic nitrogens is 1. The summed E-state index contributed by atoms with van der Waals surface area (Å²) >= 11 is 0. The molecule has 0 fully saturated rings. The standard InChI is InChI=1S/C47H30N2O2/c1-3-11-34(12-4-1)47-48-43-30-45-42(29-46(43)51-47)41-27-22-35(28-44(41)50-45)31-18-23-37(24-19-31)49(36-14-5-2-6-15-36)38-25-20-33(21-26-38)40-17-9-13-32-10-7-8-16-39(32)40/h1-30H. The van der Waals surface area contributed by atoms with Gasteiger partial charge in [-0.15, -0.1) is 0 Å². The highest BCUT2D eigenvalue weighted by Gasteiger charge is 2.16. The van der Waals surface area contributed by atoms with Crippen LogP contribution in [0.25, 0.3) is 77.5 Å². The Bertz CT molecular complexity index is 2830. The predicted molar refractivity (Wildman–Crippen MR) is 210 cm³/mol. The molecule has 51 heavy (non-hydrogen) atoms. The van der Waals surface area contributed by atoms with E-state index in [0.717, 1.165) is 66.8 Å². The van der Waals surface area contributed by atoms with Gasteiger partial charge < -0.3 is 13.7 Å². The lowest BCUT2D eigenvalue weighted by Gasteiger charge is -2.26. The Labute approximate surface area is 294 Å². The molecule has 4 heteroatoms. The monoisotopic (exact) mass is 654 g/mol. The van der Waals surface area contributed by atoms with Gasteiger partial charge in [-0.2, -0.15) is 0 Å². The maximum Gasteiger partial charge on any atom is 0.227 e. The molecule has 0 aliphatic carbocycles. The van der Waals surface area contributed by atoms with Crippen LogP contribution < -0.4 is 4.90 Å². The molecular formula is C47H30N2O2. The first-order valence-corrected chi connectivity index (χ1v) is 17.1. The van der Waals surface area contributed by atoms with Crippen molar-refractivity contribution < 1.29 is 8.83 Å². The molecule has 2 aromatic heterocycles. The fourth-order valence-electron chi connectivity index (χ4n) is 7.18. The molecule has 240 valence electrons. The number of fused-ring (bicyclic) bond motifs is 5. The molecule has 0 saturated heterocycles. The van der Waals surface area contributed by atoms with Gasteiger partial charge in [0.05, 0.1) is 0 Å². The maximum absolute atomic E-state index is 6.39. The summed E-state index contributed by atoms with van der Waals surface area (Å²) in [6.45, 7) is 0. The summed E-state index contributed by atoms with van der Waals surface area (Å²) in [6.07, 6.45) is 0.